The van der Waals surface area contributed by atoms with Crippen molar-refractivity contribution < 1.29 is 4.74 Å². The summed E-state index contributed by atoms with van der Waals surface area (Å²) in [6.07, 6.45) is 1.05. The first-order valence-corrected chi connectivity index (χ1v) is 6.10. The van der Waals surface area contributed by atoms with Crippen LogP contribution in [0, 0.1) is 6.92 Å². The van der Waals surface area contributed by atoms with Crippen LogP contribution >= 0.6 is 11.6 Å². The summed E-state index contributed by atoms with van der Waals surface area (Å²) in [6, 6.07) is 13.6. The zero-order valence-electron chi connectivity index (χ0n) is 10.0. The minimum atomic E-state index is 0.717. The molecule has 0 aliphatic rings. The molecule has 0 bridgehead atoms. The van der Waals surface area contributed by atoms with Crippen molar-refractivity contribution in [2.45, 2.75) is 20.3 Å². The summed E-state index contributed by atoms with van der Waals surface area (Å²) in [5, 5.41) is 0.717. The van der Waals surface area contributed by atoms with E-state index in [1.165, 1.54) is 11.1 Å². The Labute approximate surface area is 107 Å². The summed E-state index contributed by atoms with van der Waals surface area (Å²) in [7, 11) is 0. The fourth-order valence-electron chi connectivity index (χ4n) is 1.77. The zero-order valence-corrected chi connectivity index (χ0v) is 10.8. The Morgan fingerprint density at radius 3 is 2.24 bits per heavy atom. The second kappa shape index (κ2) is 5.24. The van der Waals surface area contributed by atoms with E-state index in [0.717, 1.165) is 22.9 Å². The van der Waals surface area contributed by atoms with Crippen LogP contribution in [0.3, 0.4) is 0 Å². The van der Waals surface area contributed by atoms with Crippen LogP contribution in [0.5, 0.6) is 11.5 Å². The van der Waals surface area contributed by atoms with E-state index in [1.807, 2.05) is 30.3 Å². The molecular formula is C15H15ClO. The van der Waals surface area contributed by atoms with Crippen LogP contribution in [0.25, 0.3) is 0 Å². The van der Waals surface area contributed by atoms with Gasteiger partial charge in [-0.15, -0.1) is 0 Å². The van der Waals surface area contributed by atoms with E-state index in [9.17, 15) is 0 Å². The molecule has 0 aliphatic carbocycles. The van der Waals surface area contributed by atoms with Gasteiger partial charge in [0.25, 0.3) is 0 Å². The molecule has 0 N–H and O–H groups in total. The van der Waals surface area contributed by atoms with E-state index in [-0.39, 0.29) is 0 Å². The number of hydrogen-bond donors (Lipinski definition) is 0. The van der Waals surface area contributed by atoms with Gasteiger partial charge in [-0.1, -0.05) is 24.6 Å². The molecule has 88 valence electrons. The molecular weight excluding hydrogens is 232 g/mol. The first-order chi connectivity index (χ1) is 8.19. The molecule has 2 rings (SSSR count). The van der Waals surface area contributed by atoms with Crippen molar-refractivity contribution in [3.05, 3.63) is 58.6 Å². The Bertz CT molecular complexity index is 503. The number of ether oxygens (including phenoxy) is 1. The van der Waals surface area contributed by atoms with Crippen LogP contribution in [0.2, 0.25) is 5.02 Å². The number of hydrogen-bond acceptors (Lipinski definition) is 1. The quantitative estimate of drug-likeness (QED) is 0.740. The van der Waals surface area contributed by atoms with Crippen molar-refractivity contribution in [1.82, 2.24) is 0 Å². The van der Waals surface area contributed by atoms with Gasteiger partial charge in [-0.3, -0.25) is 0 Å². The Morgan fingerprint density at radius 1 is 1.00 bits per heavy atom. The van der Waals surface area contributed by atoms with Crippen LogP contribution in [0.4, 0.5) is 0 Å². The first kappa shape index (κ1) is 12.0. The summed E-state index contributed by atoms with van der Waals surface area (Å²) in [6.45, 7) is 4.26. The predicted octanol–water partition coefficient (Wildman–Crippen LogP) is 5.00. The van der Waals surface area contributed by atoms with E-state index < -0.39 is 0 Å². The van der Waals surface area contributed by atoms with E-state index in [2.05, 4.69) is 26.0 Å². The van der Waals surface area contributed by atoms with Gasteiger partial charge in [0, 0.05) is 5.02 Å². The molecule has 2 heteroatoms. The van der Waals surface area contributed by atoms with Gasteiger partial charge in [-0.25, -0.2) is 0 Å². The van der Waals surface area contributed by atoms with Gasteiger partial charge < -0.3 is 4.74 Å². The molecule has 1 nitrogen and oxygen atoms in total. The molecule has 0 aliphatic heterocycles. The molecule has 0 atom stereocenters. The molecule has 2 aromatic rings. The van der Waals surface area contributed by atoms with Gasteiger partial charge >= 0.3 is 0 Å². The molecule has 0 aromatic heterocycles. The highest BCUT2D eigenvalue weighted by Gasteiger charge is 2.00. The van der Waals surface area contributed by atoms with Gasteiger partial charge in [-0.2, -0.15) is 0 Å². The number of rotatable bonds is 3. The van der Waals surface area contributed by atoms with Crippen LogP contribution < -0.4 is 4.74 Å². The molecule has 0 heterocycles. The van der Waals surface area contributed by atoms with Crippen molar-refractivity contribution in [2.24, 2.45) is 0 Å². The largest absolute Gasteiger partial charge is 0.457 e. The van der Waals surface area contributed by atoms with Crippen LogP contribution in [-0.2, 0) is 6.42 Å². The normalized spacial score (nSPS) is 10.3. The van der Waals surface area contributed by atoms with E-state index >= 15 is 0 Å². The Hall–Kier alpha value is -1.47. The molecule has 0 amide bonds. The third-order valence-electron chi connectivity index (χ3n) is 2.74. The molecule has 0 fully saturated rings. The van der Waals surface area contributed by atoms with Crippen LogP contribution in [0.15, 0.2) is 42.5 Å². The maximum absolute atomic E-state index is 5.82. The smallest absolute Gasteiger partial charge is 0.127 e. The molecule has 0 saturated carbocycles. The molecule has 17 heavy (non-hydrogen) atoms. The molecule has 2 aromatic carbocycles. The Kier molecular flexibility index (Phi) is 3.70. The van der Waals surface area contributed by atoms with Gasteiger partial charge in [-0.05, 0) is 60.9 Å². The first-order valence-electron chi connectivity index (χ1n) is 5.72. The number of benzene rings is 2. The van der Waals surface area contributed by atoms with Crippen molar-refractivity contribution in [2.75, 3.05) is 0 Å². The number of aryl methyl sites for hydroxylation is 2. The summed E-state index contributed by atoms with van der Waals surface area (Å²) < 4.78 is 5.76. The average Bonchev–Trinajstić information content (AvgIpc) is 2.32. The lowest BCUT2D eigenvalue weighted by atomic mass is 10.1. The van der Waals surface area contributed by atoms with Gasteiger partial charge in [0.2, 0.25) is 0 Å². The molecule has 0 spiro atoms. The van der Waals surface area contributed by atoms with Gasteiger partial charge in [0.05, 0.1) is 0 Å². The second-order valence-corrected chi connectivity index (χ2v) is 4.43. The van der Waals surface area contributed by atoms with Gasteiger partial charge in [0.1, 0.15) is 11.5 Å². The Morgan fingerprint density at radius 2 is 1.65 bits per heavy atom. The molecule has 0 saturated heterocycles. The lowest BCUT2D eigenvalue weighted by Gasteiger charge is -2.08. The summed E-state index contributed by atoms with van der Waals surface area (Å²) in [5.41, 5.74) is 2.62. The van der Waals surface area contributed by atoms with E-state index in [0.29, 0.717) is 0 Å². The van der Waals surface area contributed by atoms with E-state index in [1.54, 1.807) is 0 Å². The SMILES string of the molecule is CCc1ccc(Oc2ccc(Cl)cc2)cc1C. The van der Waals surface area contributed by atoms with E-state index in [4.69, 9.17) is 16.3 Å². The summed E-state index contributed by atoms with van der Waals surface area (Å²) >= 11 is 5.82. The highest BCUT2D eigenvalue weighted by Crippen LogP contribution is 2.25. The Balaban J connectivity index is 2.19. The fraction of sp³-hybridized carbons (Fsp3) is 0.200. The topological polar surface area (TPSA) is 9.23 Å². The highest BCUT2D eigenvalue weighted by atomic mass is 35.5. The maximum Gasteiger partial charge on any atom is 0.127 e. The minimum absolute atomic E-state index is 0.717. The third kappa shape index (κ3) is 3.01. The second-order valence-electron chi connectivity index (χ2n) is 4.00. The summed E-state index contributed by atoms with van der Waals surface area (Å²) in [4.78, 5) is 0. The monoisotopic (exact) mass is 246 g/mol. The van der Waals surface area contributed by atoms with Crippen molar-refractivity contribution >= 4 is 11.6 Å². The average molecular weight is 247 g/mol. The standard InChI is InChI=1S/C15H15ClO/c1-3-12-4-7-15(10-11(12)2)17-14-8-5-13(16)6-9-14/h4-10H,3H2,1-2H3. The number of halogens is 1. The van der Waals surface area contributed by atoms with Crippen LogP contribution in [-0.4, -0.2) is 0 Å². The highest BCUT2D eigenvalue weighted by molar-refractivity contribution is 6.30. The van der Waals surface area contributed by atoms with Crippen molar-refractivity contribution in [3.63, 3.8) is 0 Å². The maximum atomic E-state index is 5.82. The van der Waals surface area contributed by atoms with Gasteiger partial charge in [0.15, 0.2) is 0 Å². The fourth-order valence-corrected chi connectivity index (χ4v) is 1.89. The molecule has 0 unspecified atom stereocenters. The zero-order chi connectivity index (χ0) is 12.3. The lowest BCUT2D eigenvalue weighted by molar-refractivity contribution is 0.482. The predicted molar refractivity (Wildman–Crippen MR) is 72.1 cm³/mol. The molecule has 0 radical (unpaired) electrons. The van der Waals surface area contributed by atoms with Crippen molar-refractivity contribution in [3.8, 4) is 11.5 Å². The summed E-state index contributed by atoms with van der Waals surface area (Å²) in [5.74, 6) is 1.67. The minimum Gasteiger partial charge on any atom is -0.457 e. The lowest BCUT2D eigenvalue weighted by Crippen LogP contribution is -1.89. The van der Waals surface area contributed by atoms with Crippen LogP contribution in [0.1, 0.15) is 18.1 Å². The van der Waals surface area contributed by atoms with Crippen molar-refractivity contribution in [1.29, 1.82) is 0 Å². The third-order valence-corrected chi connectivity index (χ3v) is 3.00.